The fourth-order valence-electron chi connectivity index (χ4n) is 5.18. The van der Waals surface area contributed by atoms with Crippen LogP contribution in [-0.4, -0.2) is 93.1 Å². The van der Waals surface area contributed by atoms with Gasteiger partial charge in [0.25, 0.3) is 0 Å². The van der Waals surface area contributed by atoms with E-state index < -0.39 is 31.3 Å². The van der Waals surface area contributed by atoms with Gasteiger partial charge in [-0.3, -0.25) is 0 Å². The molecule has 3 unspecified atom stereocenters. The molecule has 0 fully saturated rings. The molecule has 364 valence electrons. The van der Waals surface area contributed by atoms with E-state index in [0.29, 0.717) is 77.2 Å². The molecule has 1 aliphatic rings. The zero-order chi connectivity index (χ0) is 44.7. The topological polar surface area (TPSA) is 157 Å². The van der Waals surface area contributed by atoms with Crippen LogP contribution in [0.2, 0.25) is 0 Å². The third-order valence-electron chi connectivity index (χ3n) is 7.64. The number of hydrogen-bond acceptors (Lipinski definition) is 18. The van der Waals surface area contributed by atoms with Crippen molar-refractivity contribution in [1.82, 2.24) is 23.5 Å². The Morgan fingerprint density at radius 2 is 0.850 bits per heavy atom. The minimum atomic E-state index is -5.71. The molecule has 3 atom stereocenters. The summed E-state index contributed by atoms with van der Waals surface area (Å²) < 4.78 is 76.4. The van der Waals surface area contributed by atoms with Crippen LogP contribution < -0.4 is 9.72 Å². The van der Waals surface area contributed by atoms with E-state index in [1.165, 1.54) is 0 Å². The van der Waals surface area contributed by atoms with Crippen molar-refractivity contribution in [2.45, 2.75) is 160 Å². The van der Waals surface area contributed by atoms with Crippen molar-refractivity contribution in [2.75, 3.05) is 79.3 Å². The molecular weight excluding hydrogens is 894 g/mol. The normalized spacial score (nSPS) is 23.2. The molecule has 0 radical (unpaired) electrons. The molecule has 1 aliphatic heterocycles. The number of nitrogens with one attached hydrogen (secondary N) is 2. The molecule has 0 aromatic heterocycles. The van der Waals surface area contributed by atoms with E-state index in [1.807, 2.05) is 76.2 Å². The Balaban J connectivity index is 5.42. The van der Waals surface area contributed by atoms with Crippen molar-refractivity contribution < 1.29 is 55.2 Å². The van der Waals surface area contributed by atoms with E-state index in [1.54, 1.807) is 13.8 Å². The van der Waals surface area contributed by atoms with E-state index in [-0.39, 0.29) is 90.4 Å². The minimum absolute atomic E-state index is 0.0646. The quantitative estimate of drug-likeness (QED) is 0.0571. The van der Waals surface area contributed by atoms with Gasteiger partial charge in [0.05, 0.1) is 0 Å². The van der Waals surface area contributed by atoms with Gasteiger partial charge in [0.15, 0.2) is 0 Å². The van der Waals surface area contributed by atoms with Crippen LogP contribution in [0.25, 0.3) is 0 Å². The van der Waals surface area contributed by atoms with E-state index in [9.17, 15) is 0 Å². The predicted molar refractivity (Wildman–Crippen MR) is 253 cm³/mol. The molecule has 0 bridgehead atoms. The van der Waals surface area contributed by atoms with Crippen molar-refractivity contribution in [1.29, 1.82) is 0 Å². The Hall–Kier alpha value is 1.70. The molecule has 0 aromatic carbocycles. The van der Waals surface area contributed by atoms with E-state index in [0.717, 1.165) is 6.42 Å². The standard InChI is InChI=1S/C36H88N6O12P6/c1-13-25-43-40-57(46-28-16-4)38-55-37-56-39-58(47-29-17-5,48-30-18-6)41(44-26-14-2)60(52-34-22-10,53-35-23-11,54-36-24-12)42(45-27-15-3)59(40,49-31-19-7,50-32-20-8)51-33-21-9/h37-38,55-56H,13-36H2,1-12H3. The van der Waals surface area contributed by atoms with Crippen molar-refractivity contribution in [3.63, 3.8) is 0 Å². The van der Waals surface area contributed by atoms with Gasteiger partial charge in [-0.1, -0.05) is 0 Å². The SMILES string of the molecule is CCCON1P(OCCC)NPNPN=P(OCCC)(OCCC)N(OCCC)P(OCCC)(OCCC)(OCCC)N(OCCC)P1(OCCC)(OCCC)OCCC. The third kappa shape index (κ3) is 15.6. The molecule has 60 heavy (non-hydrogen) atoms. The summed E-state index contributed by atoms with van der Waals surface area (Å²) in [5, 5.41) is 0. The zero-order valence-electron chi connectivity index (χ0n) is 39.4. The second-order valence-electron chi connectivity index (χ2n) is 13.7. The Morgan fingerprint density at radius 1 is 0.467 bits per heavy atom. The first-order valence-electron chi connectivity index (χ1n) is 22.7. The maximum atomic E-state index is 7.58. The van der Waals surface area contributed by atoms with Crippen LogP contribution >= 0.6 is 49.0 Å². The summed E-state index contributed by atoms with van der Waals surface area (Å²) in [6.07, 6.45) is 7.32. The maximum absolute atomic E-state index is 7.58. The van der Waals surface area contributed by atoms with Gasteiger partial charge >= 0.3 is 372 Å². The predicted octanol–water partition coefficient (Wildman–Crippen LogP) is 13.4. The monoisotopic (exact) mass is 982 g/mol. The summed E-state index contributed by atoms with van der Waals surface area (Å²) in [7, 11) is -17.4. The van der Waals surface area contributed by atoms with Crippen molar-refractivity contribution in [2.24, 2.45) is 4.52 Å². The van der Waals surface area contributed by atoms with E-state index in [2.05, 4.69) is 16.6 Å². The van der Waals surface area contributed by atoms with Gasteiger partial charge in [-0.25, -0.2) is 0 Å². The fourth-order valence-corrected chi connectivity index (χ4v) is 25.9. The van der Waals surface area contributed by atoms with Gasteiger partial charge in [-0.15, -0.1) is 0 Å². The van der Waals surface area contributed by atoms with Crippen LogP contribution in [0.3, 0.4) is 0 Å². The summed E-state index contributed by atoms with van der Waals surface area (Å²) in [5.74, 6) is 0. The molecule has 0 saturated carbocycles. The summed E-state index contributed by atoms with van der Waals surface area (Å²) in [5.41, 5.74) is 0. The molecule has 24 heteroatoms. The molecule has 0 amide bonds. The average Bonchev–Trinajstić information content (AvgIpc) is 3.27. The van der Waals surface area contributed by atoms with Gasteiger partial charge in [0.2, 0.25) is 0 Å². The summed E-state index contributed by atoms with van der Waals surface area (Å²) in [6, 6.07) is 0. The molecule has 0 aliphatic carbocycles. The number of rotatable bonds is 36. The van der Waals surface area contributed by atoms with Crippen molar-refractivity contribution in [3.8, 4) is 0 Å². The van der Waals surface area contributed by atoms with E-state index in [4.69, 9.17) is 59.7 Å². The molecule has 0 spiro atoms. The fraction of sp³-hybridized carbons (Fsp3) is 1.00. The Labute approximate surface area is 370 Å². The first-order chi connectivity index (χ1) is 29.1. The molecule has 1 heterocycles. The molecule has 18 nitrogen and oxygen atoms in total. The summed E-state index contributed by atoms with van der Waals surface area (Å²) in [4.78, 5) is 28.7. The Bertz CT molecular complexity index is 1090. The summed E-state index contributed by atoms with van der Waals surface area (Å²) in [6.45, 7) is 26.9. The van der Waals surface area contributed by atoms with Gasteiger partial charge in [0.1, 0.15) is 0 Å². The van der Waals surface area contributed by atoms with Gasteiger partial charge in [0, 0.05) is 0 Å². The van der Waals surface area contributed by atoms with Crippen LogP contribution in [0.15, 0.2) is 4.52 Å². The first kappa shape index (κ1) is 59.7. The van der Waals surface area contributed by atoms with Gasteiger partial charge in [-0.05, 0) is 0 Å². The Morgan fingerprint density at radius 3 is 1.27 bits per heavy atom. The molecule has 0 saturated heterocycles. The number of hydrogen-bond donors (Lipinski definition) is 2. The Kier molecular flexibility index (Phi) is 33.1. The van der Waals surface area contributed by atoms with Crippen LogP contribution in [0.4, 0.5) is 0 Å². The second-order valence-corrected chi connectivity index (χ2v) is 27.1. The first-order valence-corrected chi connectivity index (χ1v) is 31.2. The molecule has 0 aromatic rings. The van der Waals surface area contributed by atoms with Crippen LogP contribution in [0.5, 0.6) is 0 Å². The third-order valence-corrected chi connectivity index (χ3v) is 24.9. The molecular formula is C36H88N6O12P6. The second kappa shape index (κ2) is 33.2. The van der Waals surface area contributed by atoms with Gasteiger partial charge < -0.3 is 0 Å². The van der Waals surface area contributed by atoms with E-state index >= 15 is 0 Å². The van der Waals surface area contributed by atoms with Crippen LogP contribution in [-0.2, 0) is 55.2 Å². The molecule has 1 rings (SSSR count). The molecule has 2 N–H and O–H groups in total. The van der Waals surface area contributed by atoms with Crippen LogP contribution in [0, 0.1) is 0 Å². The average molecular weight is 983 g/mol. The van der Waals surface area contributed by atoms with Crippen molar-refractivity contribution in [3.05, 3.63) is 0 Å². The van der Waals surface area contributed by atoms with Crippen LogP contribution in [0.1, 0.15) is 160 Å². The summed E-state index contributed by atoms with van der Waals surface area (Å²) >= 11 is 0. The number of nitrogens with zero attached hydrogens (tertiary/aromatic N) is 4. The van der Waals surface area contributed by atoms with Gasteiger partial charge in [-0.2, -0.15) is 0 Å². The van der Waals surface area contributed by atoms with Crippen molar-refractivity contribution >= 4 is 49.0 Å². The zero-order valence-corrected chi connectivity index (χ0v) is 45.0.